The van der Waals surface area contributed by atoms with Crippen molar-refractivity contribution in [3.63, 3.8) is 0 Å². The Bertz CT molecular complexity index is 856. The van der Waals surface area contributed by atoms with Crippen LogP contribution in [-0.4, -0.2) is 15.7 Å². The molecule has 1 amide bonds. The second kappa shape index (κ2) is 10.2. The monoisotopic (exact) mass is 394 g/mol. The van der Waals surface area contributed by atoms with Crippen LogP contribution in [0.1, 0.15) is 80.6 Å². The molecule has 156 valence electrons. The molecule has 1 atom stereocenters. The topological polar surface area (TPSA) is 70.7 Å². The summed E-state index contributed by atoms with van der Waals surface area (Å²) in [6.07, 6.45) is 1.53. The number of benzene rings is 1. The van der Waals surface area contributed by atoms with Gasteiger partial charge in [0.25, 0.3) is 0 Å². The van der Waals surface area contributed by atoms with Gasteiger partial charge in [-0.1, -0.05) is 52.0 Å². The Labute approximate surface area is 175 Å². The summed E-state index contributed by atoms with van der Waals surface area (Å²) < 4.78 is 1.87. The lowest BCUT2D eigenvalue weighted by Crippen LogP contribution is -2.32. The fraction of sp³-hybridized carbons (Fsp3) is 0.542. The molecule has 0 saturated carbocycles. The van der Waals surface area contributed by atoms with Gasteiger partial charge in [-0.2, -0.15) is 10.4 Å². The minimum Gasteiger partial charge on any atom is -0.349 e. The molecule has 1 heterocycles. The third kappa shape index (κ3) is 5.93. The number of aryl methyl sites for hydroxylation is 2. The van der Waals surface area contributed by atoms with Gasteiger partial charge in [-0.3, -0.25) is 9.48 Å². The van der Waals surface area contributed by atoms with Crippen LogP contribution in [0.3, 0.4) is 0 Å². The maximum absolute atomic E-state index is 12.7. The normalized spacial score (nSPS) is 12.2. The lowest BCUT2D eigenvalue weighted by molar-refractivity contribution is -0.122. The van der Waals surface area contributed by atoms with E-state index in [2.05, 4.69) is 68.4 Å². The van der Waals surface area contributed by atoms with Crippen molar-refractivity contribution < 1.29 is 4.79 Å². The van der Waals surface area contributed by atoms with E-state index >= 15 is 0 Å². The zero-order valence-corrected chi connectivity index (χ0v) is 18.6. The zero-order chi connectivity index (χ0) is 21.6. The lowest BCUT2D eigenvalue weighted by Gasteiger charge is -2.23. The molecule has 5 heteroatoms. The first kappa shape index (κ1) is 22.7. The molecule has 0 aliphatic rings. The van der Waals surface area contributed by atoms with Gasteiger partial charge in [0.15, 0.2) is 0 Å². The van der Waals surface area contributed by atoms with Crippen LogP contribution in [0.15, 0.2) is 24.3 Å². The SMILES string of the molecule is Cc1nn(CCC#N)c(C)c1CCC(=O)N[C@@H](c1ccc(C(C)C)cc1)C(C)C. The lowest BCUT2D eigenvalue weighted by atomic mass is 9.93. The molecule has 0 radical (unpaired) electrons. The van der Waals surface area contributed by atoms with Gasteiger partial charge < -0.3 is 5.32 Å². The summed E-state index contributed by atoms with van der Waals surface area (Å²) in [4.78, 5) is 12.7. The number of hydrogen-bond donors (Lipinski definition) is 1. The Hall–Kier alpha value is -2.61. The third-order valence-electron chi connectivity index (χ3n) is 5.51. The van der Waals surface area contributed by atoms with Crippen LogP contribution < -0.4 is 5.32 Å². The van der Waals surface area contributed by atoms with E-state index in [0.717, 1.165) is 22.5 Å². The van der Waals surface area contributed by atoms with Crippen molar-refractivity contribution in [3.05, 3.63) is 52.3 Å². The summed E-state index contributed by atoms with van der Waals surface area (Å²) in [5.41, 5.74) is 5.56. The van der Waals surface area contributed by atoms with Crippen molar-refractivity contribution in [3.8, 4) is 6.07 Å². The largest absolute Gasteiger partial charge is 0.349 e. The highest BCUT2D eigenvalue weighted by molar-refractivity contribution is 5.76. The average molecular weight is 395 g/mol. The van der Waals surface area contributed by atoms with Gasteiger partial charge in [0.05, 0.1) is 30.8 Å². The number of aromatic nitrogens is 2. The van der Waals surface area contributed by atoms with Gasteiger partial charge >= 0.3 is 0 Å². The molecule has 0 fully saturated rings. The molecule has 0 spiro atoms. The smallest absolute Gasteiger partial charge is 0.220 e. The summed E-state index contributed by atoms with van der Waals surface area (Å²) in [6, 6.07) is 10.7. The Morgan fingerprint density at radius 3 is 2.31 bits per heavy atom. The predicted molar refractivity (Wildman–Crippen MR) is 117 cm³/mol. The maximum atomic E-state index is 12.7. The molecule has 0 aliphatic heterocycles. The number of nitrogens with zero attached hydrogens (tertiary/aromatic N) is 3. The van der Waals surface area contributed by atoms with E-state index in [9.17, 15) is 4.79 Å². The first-order valence-electron chi connectivity index (χ1n) is 10.5. The van der Waals surface area contributed by atoms with Crippen LogP contribution in [-0.2, 0) is 17.8 Å². The molecule has 0 bridgehead atoms. The number of amides is 1. The number of nitriles is 1. The Kier molecular flexibility index (Phi) is 8.01. The van der Waals surface area contributed by atoms with Crippen molar-refractivity contribution in [2.75, 3.05) is 0 Å². The molecule has 29 heavy (non-hydrogen) atoms. The highest BCUT2D eigenvalue weighted by Crippen LogP contribution is 2.24. The van der Waals surface area contributed by atoms with Crippen molar-refractivity contribution in [1.29, 1.82) is 5.26 Å². The second-order valence-electron chi connectivity index (χ2n) is 8.39. The summed E-state index contributed by atoms with van der Waals surface area (Å²) in [5, 5.41) is 16.5. The highest BCUT2D eigenvalue weighted by Gasteiger charge is 2.19. The summed E-state index contributed by atoms with van der Waals surface area (Å²) in [5.74, 6) is 0.859. The molecule has 2 rings (SSSR count). The minimum atomic E-state index is 0.00394. The number of carbonyl (C=O) groups excluding carboxylic acids is 1. The summed E-state index contributed by atoms with van der Waals surface area (Å²) in [7, 11) is 0. The zero-order valence-electron chi connectivity index (χ0n) is 18.6. The van der Waals surface area contributed by atoms with Gasteiger partial charge in [0.2, 0.25) is 5.91 Å². The maximum Gasteiger partial charge on any atom is 0.220 e. The molecular weight excluding hydrogens is 360 g/mol. The molecule has 1 aromatic carbocycles. The van der Waals surface area contributed by atoms with Gasteiger partial charge in [-0.25, -0.2) is 0 Å². The van der Waals surface area contributed by atoms with E-state index in [1.165, 1.54) is 5.56 Å². The van der Waals surface area contributed by atoms with E-state index in [0.29, 0.717) is 37.6 Å². The number of rotatable bonds is 9. The first-order valence-corrected chi connectivity index (χ1v) is 10.5. The molecular formula is C24H34N4O. The van der Waals surface area contributed by atoms with Crippen molar-refractivity contribution in [2.45, 2.75) is 79.3 Å². The number of carbonyl (C=O) groups is 1. The van der Waals surface area contributed by atoms with Crippen molar-refractivity contribution >= 4 is 5.91 Å². The summed E-state index contributed by atoms with van der Waals surface area (Å²) >= 11 is 0. The van der Waals surface area contributed by atoms with Gasteiger partial charge in [-0.05, 0) is 48.8 Å². The van der Waals surface area contributed by atoms with Crippen LogP contribution in [0.5, 0.6) is 0 Å². The number of nitrogens with one attached hydrogen (secondary N) is 1. The average Bonchev–Trinajstić information content (AvgIpc) is 2.95. The molecule has 0 aliphatic carbocycles. The van der Waals surface area contributed by atoms with E-state index in [1.807, 2.05) is 18.5 Å². The number of hydrogen-bond acceptors (Lipinski definition) is 3. The van der Waals surface area contributed by atoms with E-state index in [-0.39, 0.29) is 11.9 Å². The minimum absolute atomic E-state index is 0.00394. The molecule has 5 nitrogen and oxygen atoms in total. The van der Waals surface area contributed by atoms with E-state index in [4.69, 9.17) is 5.26 Å². The fourth-order valence-corrected chi connectivity index (χ4v) is 3.68. The second-order valence-corrected chi connectivity index (χ2v) is 8.39. The highest BCUT2D eigenvalue weighted by atomic mass is 16.1. The molecule has 0 saturated heterocycles. The Balaban J connectivity index is 2.03. The van der Waals surface area contributed by atoms with Gasteiger partial charge in [0.1, 0.15) is 0 Å². The Morgan fingerprint density at radius 2 is 1.76 bits per heavy atom. The first-order chi connectivity index (χ1) is 13.7. The predicted octanol–water partition coefficient (Wildman–Crippen LogP) is 4.98. The quantitative estimate of drug-likeness (QED) is 0.652. The third-order valence-corrected chi connectivity index (χ3v) is 5.51. The molecule has 1 N–H and O–H groups in total. The van der Waals surface area contributed by atoms with Crippen LogP contribution >= 0.6 is 0 Å². The van der Waals surface area contributed by atoms with Crippen molar-refractivity contribution in [1.82, 2.24) is 15.1 Å². The van der Waals surface area contributed by atoms with Gasteiger partial charge in [-0.15, -0.1) is 0 Å². The standard InChI is InChI=1S/C24H34N4O/c1-16(2)20-8-10-21(11-9-20)24(17(3)4)26-23(29)13-12-22-18(5)27-28(19(22)6)15-7-14-25/h8-11,16-17,24H,7,12-13,15H2,1-6H3,(H,26,29)/t24-/m1/s1. The van der Waals surface area contributed by atoms with Gasteiger partial charge in [0, 0.05) is 12.1 Å². The molecule has 0 unspecified atom stereocenters. The van der Waals surface area contributed by atoms with Crippen molar-refractivity contribution in [2.24, 2.45) is 5.92 Å². The van der Waals surface area contributed by atoms with Crippen LogP contribution in [0, 0.1) is 31.1 Å². The Morgan fingerprint density at radius 1 is 1.14 bits per heavy atom. The summed E-state index contributed by atoms with van der Waals surface area (Å²) in [6.45, 7) is 13.2. The van der Waals surface area contributed by atoms with Crippen LogP contribution in [0.25, 0.3) is 0 Å². The fourth-order valence-electron chi connectivity index (χ4n) is 3.68. The van der Waals surface area contributed by atoms with Crippen LogP contribution in [0.2, 0.25) is 0 Å². The van der Waals surface area contributed by atoms with Crippen LogP contribution in [0.4, 0.5) is 0 Å². The molecule has 1 aromatic heterocycles. The van der Waals surface area contributed by atoms with E-state index in [1.54, 1.807) is 0 Å². The van der Waals surface area contributed by atoms with E-state index < -0.39 is 0 Å². The molecule has 2 aromatic rings.